The highest BCUT2D eigenvalue weighted by atomic mass is 32.1. The predicted molar refractivity (Wildman–Crippen MR) is 232 cm³/mol. The van der Waals surface area contributed by atoms with Crippen LogP contribution in [0.2, 0.25) is 0 Å². The highest BCUT2D eigenvalue weighted by Crippen LogP contribution is 2.28. The number of esters is 1. The highest BCUT2D eigenvalue weighted by molar-refractivity contribution is 7.81. The molecule has 2 N–H and O–H groups in total. The van der Waals surface area contributed by atoms with Crippen molar-refractivity contribution in [1.82, 2.24) is 0 Å². The normalized spacial score (nSPS) is 11.6. The molecule has 0 fully saturated rings. The van der Waals surface area contributed by atoms with E-state index < -0.39 is 5.97 Å². The largest absolute Gasteiger partial charge is 0.462 e. The molecule has 0 amide bonds. The van der Waals surface area contributed by atoms with Gasteiger partial charge in [-0.05, 0) is 146 Å². The summed E-state index contributed by atoms with van der Waals surface area (Å²) in [6.45, 7) is 34.1. The molecule has 0 saturated heterocycles. The number of aryl methyl sites for hydroxylation is 10. The third-order valence-electron chi connectivity index (χ3n) is 9.16. The first-order valence-electron chi connectivity index (χ1n) is 17.8. The van der Waals surface area contributed by atoms with Crippen LogP contribution in [0.1, 0.15) is 87.5 Å². The Morgan fingerprint density at radius 3 is 1.34 bits per heavy atom. The van der Waals surface area contributed by atoms with Crippen LogP contribution >= 0.6 is 24.4 Å². The number of hydrogen-bond donors (Lipinski definition) is 2. The smallest absolute Gasteiger partial charge is 0.341 e. The van der Waals surface area contributed by atoms with E-state index in [4.69, 9.17) is 35.7 Å². The van der Waals surface area contributed by atoms with Gasteiger partial charge in [-0.15, -0.1) is 0 Å². The van der Waals surface area contributed by atoms with Gasteiger partial charge in [0.1, 0.15) is 0 Å². The molecular formula is C46H53N3O2S2. The molecule has 53 heavy (non-hydrogen) atoms. The summed E-state index contributed by atoms with van der Waals surface area (Å²) in [4.78, 5) is 17.7. The molecule has 0 spiro atoms. The van der Waals surface area contributed by atoms with Crippen LogP contribution in [0.15, 0.2) is 83.3 Å². The van der Waals surface area contributed by atoms with Gasteiger partial charge >= 0.3 is 5.97 Å². The molecule has 0 aromatic heterocycles. The standard InChI is InChI=1S/C24H29NO2S.C22H24N2S/c1-8-27-24(26)21(19(7)25-22-15(3)10-9-11-16(22)4)23(28)20-17(5)12-14(2)13-18(20)6;1-13-11-16(4)19(17(5)12-13)22(25)21(23-7)18(6)24-20-14(2)9-8-10-15(20)3/h9-13,25H,8H2,1-7H3;8-12,24H,1-6H3. The van der Waals surface area contributed by atoms with E-state index in [1.807, 2.05) is 65.8 Å². The van der Waals surface area contributed by atoms with Crippen LogP contribution in [0.25, 0.3) is 4.85 Å². The van der Waals surface area contributed by atoms with E-state index in [-0.39, 0.29) is 0 Å². The van der Waals surface area contributed by atoms with E-state index in [1.54, 1.807) is 6.92 Å². The molecule has 7 heteroatoms. The number of nitrogens with zero attached hydrogens (tertiary/aromatic N) is 1. The Kier molecular flexibility index (Phi) is 15.0. The maximum atomic E-state index is 12.8. The Hall–Kier alpha value is -4.90. The minimum atomic E-state index is -0.400. The number of thiocarbonyl (C=S) groups is 2. The molecule has 0 radical (unpaired) electrons. The van der Waals surface area contributed by atoms with E-state index >= 15 is 0 Å². The zero-order valence-corrected chi connectivity index (χ0v) is 35.2. The van der Waals surface area contributed by atoms with E-state index in [0.29, 0.717) is 33.3 Å². The van der Waals surface area contributed by atoms with Crippen molar-refractivity contribution >= 4 is 51.5 Å². The zero-order chi connectivity index (χ0) is 39.7. The fraction of sp³-hybridized carbons (Fsp3) is 0.304. The van der Waals surface area contributed by atoms with Gasteiger partial charge in [0, 0.05) is 22.8 Å². The zero-order valence-electron chi connectivity index (χ0n) is 33.6. The lowest BCUT2D eigenvalue weighted by Crippen LogP contribution is -2.21. The van der Waals surface area contributed by atoms with Gasteiger partial charge < -0.3 is 15.4 Å². The summed E-state index contributed by atoms with van der Waals surface area (Å²) < 4.78 is 5.35. The number of allylic oxidation sites excluding steroid dienone is 3. The van der Waals surface area contributed by atoms with Gasteiger partial charge in [0.15, 0.2) is 0 Å². The topological polar surface area (TPSA) is 54.7 Å². The van der Waals surface area contributed by atoms with Gasteiger partial charge in [-0.25, -0.2) is 9.64 Å². The molecule has 5 nitrogen and oxygen atoms in total. The van der Waals surface area contributed by atoms with Gasteiger partial charge in [-0.3, -0.25) is 0 Å². The maximum Gasteiger partial charge on any atom is 0.341 e. The summed E-state index contributed by atoms with van der Waals surface area (Å²) in [6.07, 6.45) is 0. The van der Waals surface area contributed by atoms with Crippen molar-refractivity contribution < 1.29 is 9.53 Å². The first-order valence-corrected chi connectivity index (χ1v) is 18.6. The van der Waals surface area contributed by atoms with Crippen molar-refractivity contribution in [3.63, 3.8) is 0 Å². The van der Waals surface area contributed by atoms with Gasteiger partial charge in [0.2, 0.25) is 5.70 Å². The summed E-state index contributed by atoms with van der Waals surface area (Å²) in [6, 6.07) is 20.7. The average Bonchev–Trinajstić information content (AvgIpc) is 3.04. The van der Waals surface area contributed by atoms with Gasteiger partial charge in [-0.2, -0.15) is 0 Å². The number of para-hydroxylation sites is 2. The first kappa shape index (κ1) is 42.5. The van der Waals surface area contributed by atoms with Crippen molar-refractivity contribution in [3.8, 4) is 0 Å². The predicted octanol–water partition coefficient (Wildman–Crippen LogP) is 12.1. The summed E-state index contributed by atoms with van der Waals surface area (Å²) in [7, 11) is 0. The molecule has 0 aliphatic rings. The number of rotatable bonds is 10. The van der Waals surface area contributed by atoms with Crippen LogP contribution < -0.4 is 10.6 Å². The number of benzene rings is 4. The van der Waals surface area contributed by atoms with Crippen molar-refractivity contribution in [3.05, 3.63) is 162 Å². The number of hydrogen-bond acceptors (Lipinski definition) is 6. The Bertz CT molecular complexity index is 2100. The van der Waals surface area contributed by atoms with Crippen LogP contribution in [0.5, 0.6) is 0 Å². The fourth-order valence-electron chi connectivity index (χ4n) is 6.76. The molecule has 4 rings (SSSR count). The summed E-state index contributed by atoms with van der Waals surface area (Å²) in [5.74, 6) is -0.400. The molecule has 0 heterocycles. The maximum absolute atomic E-state index is 12.8. The lowest BCUT2D eigenvalue weighted by atomic mass is 9.93. The minimum absolute atomic E-state index is 0.299. The molecule has 4 aromatic rings. The summed E-state index contributed by atoms with van der Waals surface area (Å²) in [5.41, 5.74) is 17.6. The molecule has 0 aliphatic heterocycles. The highest BCUT2D eigenvalue weighted by Gasteiger charge is 2.24. The second kappa shape index (κ2) is 18.7. The summed E-state index contributed by atoms with van der Waals surface area (Å²) in [5, 5.41) is 6.82. The molecule has 0 saturated carbocycles. The number of carbonyl (C=O) groups excluding carboxylic acids is 1. The molecule has 276 valence electrons. The SMILES string of the molecule is CCOC(=O)C(C(=S)c1c(C)cc(C)cc1C)=C(C)Nc1c(C)cccc1C.[C-]#[N+]C(C(=S)c1c(C)cc(C)cc1C)=C(C)Nc1c(C)cccc1C. The first-order chi connectivity index (χ1) is 24.9. The Balaban J connectivity index is 0.000000287. The van der Waals surface area contributed by atoms with E-state index in [1.165, 1.54) is 11.1 Å². The van der Waals surface area contributed by atoms with E-state index in [9.17, 15) is 4.79 Å². The second-order valence-corrected chi connectivity index (χ2v) is 14.6. The van der Waals surface area contributed by atoms with Crippen molar-refractivity contribution in [2.24, 2.45) is 0 Å². The Morgan fingerprint density at radius 1 is 0.623 bits per heavy atom. The third kappa shape index (κ3) is 10.4. The summed E-state index contributed by atoms with van der Waals surface area (Å²) >= 11 is 11.5. The van der Waals surface area contributed by atoms with Crippen molar-refractivity contribution in [2.45, 2.75) is 90.0 Å². The quantitative estimate of drug-likeness (QED) is 0.0555. The van der Waals surface area contributed by atoms with Gasteiger partial charge in [0.25, 0.3) is 0 Å². The van der Waals surface area contributed by atoms with Crippen LogP contribution in [-0.2, 0) is 9.53 Å². The molecule has 4 aromatic carbocycles. The van der Waals surface area contributed by atoms with Crippen molar-refractivity contribution in [2.75, 3.05) is 17.2 Å². The van der Waals surface area contributed by atoms with Crippen molar-refractivity contribution in [1.29, 1.82) is 0 Å². The minimum Gasteiger partial charge on any atom is -0.462 e. The van der Waals surface area contributed by atoms with Crippen LogP contribution in [-0.4, -0.2) is 22.3 Å². The molecule has 0 unspecified atom stereocenters. The number of carbonyl (C=O) groups is 1. The number of nitrogens with one attached hydrogen (secondary N) is 2. The van der Waals surface area contributed by atoms with E-state index in [2.05, 4.69) is 93.4 Å². The van der Waals surface area contributed by atoms with Gasteiger partial charge in [-0.1, -0.05) is 96.2 Å². The third-order valence-corrected chi connectivity index (χ3v) is 9.96. The van der Waals surface area contributed by atoms with Crippen LogP contribution in [0.4, 0.5) is 11.4 Å². The van der Waals surface area contributed by atoms with Crippen LogP contribution in [0.3, 0.4) is 0 Å². The van der Waals surface area contributed by atoms with Crippen LogP contribution in [0, 0.1) is 75.8 Å². The van der Waals surface area contributed by atoms with Gasteiger partial charge in [0.05, 0.1) is 28.5 Å². The monoisotopic (exact) mass is 743 g/mol. The lowest BCUT2D eigenvalue weighted by molar-refractivity contribution is -0.137. The lowest BCUT2D eigenvalue weighted by Gasteiger charge is -2.19. The number of ether oxygens (including phenoxy) is 1. The number of anilines is 2. The molecule has 0 atom stereocenters. The average molecular weight is 744 g/mol. The van der Waals surface area contributed by atoms with E-state index in [0.717, 1.165) is 72.7 Å². The Morgan fingerprint density at radius 2 is 0.981 bits per heavy atom. The molecule has 0 aliphatic carbocycles. The second-order valence-electron chi connectivity index (χ2n) is 13.8. The Labute approximate surface area is 328 Å². The molecule has 0 bridgehead atoms. The fourth-order valence-corrected chi connectivity index (χ4v) is 7.84. The molecular weight excluding hydrogens is 691 g/mol.